The molecule has 0 saturated heterocycles. The van der Waals surface area contributed by atoms with Crippen molar-refractivity contribution in [3.05, 3.63) is 41.3 Å². The molecule has 1 N–H and O–H groups in total. The van der Waals surface area contributed by atoms with Crippen LogP contribution < -0.4 is 10.1 Å². The zero-order valence-corrected chi connectivity index (χ0v) is 12.6. The number of ether oxygens (including phenoxy) is 1. The zero-order chi connectivity index (χ0) is 14.5. The van der Waals surface area contributed by atoms with E-state index in [1.165, 1.54) is 0 Å². The van der Waals surface area contributed by atoms with Gasteiger partial charge >= 0.3 is 6.08 Å². The first-order valence-corrected chi connectivity index (χ1v) is 7.03. The molecule has 0 fully saturated rings. The summed E-state index contributed by atoms with van der Waals surface area (Å²) in [7, 11) is 0. The largest absolute Gasteiger partial charge is 0.417 e. The minimum atomic E-state index is 0.297. The molecule has 2 rings (SSSR count). The number of hydrogen-bond acceptors (Lipinski definition) is 4. The highest BCUT2D eigenvalue weighted by Gasteiger charge is 2.12. The molecule has 2 aromatic rings. The summed E-state index contributed by atoms with van der Waals surface area (Å²) in [6.07, 6.45) is 1.92. The molecule has 0 aliphatic rings. The molecule has 0 unspecified atom stereocenters. The van der Waals surface area contributed by atoms with E-state index < -0.39 is 0 Å². The number of rotatable bonds is 6. The molecule has 0 bridgehead atoms. The van der Waals surface area contributed by atoms with E-state index in [-0.39, 0.29) is 0 Å². The molecular formula is C16H22N2O2. The van der Waals surface area contributed by atoms with Crippen LogP contribution in [-0.4, -0.2) is 11.5 Å². The van der Waals surface area contributed by atoms with Crippen LogP contribution in [0.2, 0.25) is 0 Å². The first-order chi connectivity index (χ1) is 9.60. The van der Waals surface area contributed by atoms with Gasteiger partial charge in [-0.25, -0.2) is 0 Å². The number of aryl methyl sites for hydroxylation is 1. The third-order valence-corrected chi connectivity index (χ3v) is 3.08. The molecule has 108 valence electrons. The second-order valence-electron chi connectivity index (χ2n) is 5.18. The lowest BCUT2D eigenvalue weighted by Gasteiger charge is -2.12. The van der Waals surface area contributed by atoms with Gasteiger partial charge < -0.3 is 14.5 Å². The van der Waals surface area contributed by atoms with Crippen molar-refractivity contribution in [3.63, 3.8) is 0 Å². The molecule has 1 heterocycles. The first kappa shape index (κ1) is 14.6. The fraction of sp³-hybridized carbons (Fsp3) is 0.438. The normalized spacial score (nSPS) is 11.1. The lowest BCUT2D eigenvalue weighted by atomic mass is 10.0. The van der Waals surface area contributed by atoms with Crippen LogP contribution in [0.1, 0.15) is 43.5 Å². The molecule has 1 aromatic carbocycles. The Morgan fingerprint density at radius 1 is 1.35 bits per heavy atom. The van der Waals surface area contributed by atoms with Gasteiger partial charge in [0.25, 0.3) is 0 Å². The molecule has 0 aliphatic heterocycles. The van der Waals surface area contributed by atoms with Gasteiger partial charge in [-0.05, 0) is 36.6 Å². The molecular weight excluding hydrogens is 252 g/mol. The molecule has 0 atom stereocenters. The van der Waals surface area contributed by atoms with Crippen LogP contribution in [0.4, 0.5) is 0 Å². The molecule has 1 aromatic heterocycles. The van der Waals surface area contributed by atoms with Gasteiger partial charge in [0.2, 0.25) is 0 Å². The Balaban J connectivity index is 2.16. The summed E-state index contributed by atoms with van der Waals surface area (Å²) in [5.74, 6) is 1.21. The van der Waals surface area contributed by atoms with Crippen molar-refractivity contribution in [1.29, 1.82) is 0 Å². The first-order valence-electron chi connectivity index (χ1n) is 7.03. The van der Waals surface area contributed by atoms with Gasteiger partial charge in [0, 0.05) is 6.54 Å². The second kappa shape index (κ2) is 6.57. The minimum absolute atomic E-state index is 0.297. The van der Waals surface area contributed by atoms with Crippen molar-refractivity contribution in [2.24, 2.45) is 0 Å². The van der Waals surface area contributed by atoms with Crippen LogP contribution in [0, 0.1) is 6.92 Å². The van der Waals surface area contributed by atoms with E-state index in [1.54, 1.807) is 6.26 Å². The monoisotopic (exact) mass is 274 g/mol. The quantitative estimate of drug-likeness (QED) is 0.864. The molecule has 20 heavy (non-hydrogen) atoms. The fourth-order valence-electron chi connectivity index (χ4n) is 1.97. The topological polar surface area (TPSA) is 47.3 Å². The standard InChI is InChI=1S/C16H22N2O2/c1-5-17-9-13-10-19-16(18-13)20-15-8-12(4)6-7-14(15)11(2)3/h6-8,10-11,17H,5,9H2,1-4H3. The number of oxazole rings is 1. The minimum Gasteiger partial charge on any atom is -0.417 e. The van der Waals surface area contributed by atoms with Crippen LogP contribution in [0.3, 0.4) is 0 Å². The van der Waals surface area contributed by atoms with Crippen molar-refractivity contribution in [2.45, 2.75) is 40.2 Å². The van der Waals surface area contributed by atoms with Crippen LogP contribution in [0.15, 0.2) is 28.9 Å². The highest BCUT2D eigenvalue weighted by molar-refractivity contribution is 5.40. The van der Waals surface area contributed by atoms with Gasteiger partial charge in [-0.1, -0.05) is 32.9 Å². The Morgan fingerprint density at radius 2 is 2.15 bits per heavy atom. The maximum atomic E-state index is 5.81. The predicted octanol–water partition coefficient (Wildman–Crippen LogP) is 4.01. The SMILES string of the molecule is CCNCc1coc(Oc2cc(C)ccc2C(C)C)n1. The van der Waals surface area contributed by atoms with Crippen molar-refractivity contribution in [3.8, 4) is 11.8 Å². The smallest absolute Gasteiger partial charge is 0.399 e. The van der Waals surface area contributed by atoms with E-state index in [0.29, 0.717) is 18.5 Å². The Bertz CT molecular complexity index is 561. The predicted molar refractivity (Wildman–Crippen MR) is 79.2 cm³/mol. The van der Waals surface area contributed by atoms with Gasteiger partial charge in [0.15, 0.2) is 0 Å². The lowest BCUT2D eigenvalue weighted by molar-refractivity contribution is 0.327. The maximum absolute atomic E-state index is 5.81. The van der Waals surface area contributed by atoms with E-state index in [9.17, 15) is 0 Å². The van der Waals surface area contributed by atoms with E-state index in [2.05, 4.69) is 43.2 Å². The van der Waals surface area contributed by atoms with Gasteiger partial charge in [-0.3, -0.25) is 0 Å². The zero-order valence-electron chi connectivity index (χ0n) is 12.6. The number of hydrogen-bond donors (Lipinski definition) is 1. The average molecular weight is 274 g/mol. The molecule has 0 spiro atoms. The highest BCUT2D eigenvalue weighted by Crippen LogP contribution is 2.31. The van der Waals surface area contributed by atoms with E-state index in [1.807, 2.05) is 13.0 Å². The van der Waals surface area contributed by atoms with Crippen LogP contribution in [0.5, 0.6) is 11.8 Å². The van der Waals surface area contributed by atoms with Crippen LogP contribution in [0.25, 0.3) is 0 Å². The molecule has 4 nitrogen and oxygen atoms in total. The van der Waals surface area contributed by atoms with Crippen molar-refractivity contribution < 1.29 is 9.15 Å². The molecule has 4 heteroatoms. The van der Waals surface area contributed by atoms with Crippen LogP contribution in [-0.2, 0) is 6.54 Å². The van der Waals surface area contributed by atoms with Crippen molar-refractivity contribution in [2.75, 3.05) is 6.54 Å². The van der Waals surface area contributed by atoms with Gasteiger partial charge in [0.05, 0.1) is 5.69 Å². The Hall–Kier alpha value is -1.81. The summed E-state index contributed by atoms with van der Waals surface area (Å²) in [6.45, 7) is 9.97. The Kier molecular flexibility index (Phi) is 4.79. The summed E-state index contributed by atoms with van der Waals surface area (Å²) in [5.41, 5.74) is 3.16. The number of aromatic nitrogens is 1. The third kappa shape index (κ3) is 3.61. The summed E-state index contributed by atoms with van der Waals surface area (Å²) < 4.78 is 11.2. The van der Waals surface area contributed by atoms with Gasteiger partial charge in [-0.2, -0.15) is 4.98 Å². The Labute approximate surface area is 120 Å². The number of benzene rings is 1. The second-order valence-corrected chi connectivity index (χ2v) is 5.18. The molecule has 0 saturated carbocycles. The van der Waals surface area contributed by atoms with Crippen molar-refractivity contribution >= 4 is 0 Å². The Morgan fingerprint density at radius 3 is 2.85 bits per heavy atom. The van der Waals surface area contributed by atoms with E-state index in [0.717, 1.165) is 29.1 Å². The highest BCUT2D eigenvalue weighted by atomic mass is 16.6. The fourth-order valence-corrected chi connectivity index (χ4v) is 1.97. The van der Waals surface area contributed by atoms with E-state index in [4.69, 9.17) is 9.15 Å². The van der Waals surface area contributed by atoms with Crippen LogP contribution >= 0.6 is 0 Å². The molecule has 0 amide bonds. The van der Waals surface area contributed by atoms with Crippen molar-refractivity contribution in [1.82, 2.24) is 10.3 Å². The van der Waals surface area contributed by atoms with Gasteiger partial charge in [-0.15, -0.1) is 0 Å². The summed E-state index contributed by atoms with van der Waals surface area (Å²) in [4.78, 5) is 4.32. The number of nitrogens with zero attached hydrogens (tertiary/aromatic N) is 1. The van der Waals surface area contributed by atoms with E-state index >= 15 is 0 Å². The molecule has 0 aliphatic carbocycles. The average Bonchev–Trinajstić information content (AvgIpc) is 2.83. The summed E-state index contributed by atoms with van der Waals surface area (Å²) >= 11 is 0. The van der Waals surface area contributed by atoms with Gasteiger partial charge in [0.1, 0.15) is 12.0 Å². The lowest BCUT2D eigenvalue weighted by Crippen LogP contribution is -2.11. The summed E-state index contributed by atoms with van der Waals surface area (Å²) in [6, 6.07) is 6.20. The number of nitrogens with one attached hydrogen (secondary N) is 1. The third-order valence-electron chi connectivity index (χ3n) is 3.08. The maximum Gasteiger partial charge on any atom is 0.399 e. The summed E-state index contributed by atoms with van der Waals surface area (Å²) in [5, 5.41) is 3.20. The molecule has 0 radical (unpaired) electrons.